The normalized spacial score (nSPS) is 12.7. The van der Waals surface area contributed by atoms with E-state index in [2.05, 4.69) is 33.0 Å². The first kappa shape index (κ1) is 15.8. The summed E-state index contributed by atoms with van der Waals surface area (Å²) in [5.74, 6) is 0.529. The molecule has 0 aliphatic carbocycles. The standard InChI is InChI=1S/C13H23N3O2S/c1-9(2)13(3,4)8-16-10-5-6-12(11(14)7-10)19(15,17)18/h5-7,9,16H,8,14H2,1-4H3,(H2,15,17,18). The summed E-state index contributed by atoms with van der Waals surface area (Å²) in [5.41, 5.74) is 6.79. The van der Waals surface area contributed by atoms with Gasteiger partial charge in [0.15, 0.2) is 0 Å². The Kier molecular flexibility index (Phi) is 4.47. The molecule has 0 saturated carbocycles. The van der Waals surface area contributed by atoms with Gasteiger partial charge in [-0.25, -0.2) is 13.6 Å². The third kappa shape index (κ3) is 4.11. The van der Waals surface area contributed by atoms with Crippen molar-refractivity contribution in [2.45, 2.75) is 32.6 Å². The van der Waals surface area contributed by atoms with Crippen LogP contribution in [0.2, 0.25) is 0 Å². The highest BCUT2D eigenvalue weighted by Gasteiger charge is 2.22. The summed E-state index contributed by atoms with van der Waals surface area (Å²) in [6.07, 6.45) is 0. The molecular weight excluding hydrogens is 262 g/mol. The molecule has 0 saturated heterocycles. The summed E-state index contributed by atoms with van der Waals surface area (Å²) in [6, 6.07) is 4.69. The Morgan fingerprint density at radius 3 is 2.32 bits per heavy atom. The van der Waals surface area contributed by atoms with Crippen molar-refractivity contribution in [3.05, 3.63) is 18.2 Å². The molecule has 0 amide bonds. The Bertz CT molecular complexity index is 551. The Balaban J connectivity index is 2.86. The zero-order valence-electron chi connectivity index (χ0n) is 11.9. The number of nitrogens with two attached hydrogens (primary N) is 2. The molecule has 1 aromatic rings. The van der Waals surface area contributed by atoms with Crippen LogP contribution in [-0.4, -0.2) is 15.0 Å². The predicted molar refractivity (Wildman–Crippen MR) is 79.3 cm³/mol. The van der Waals surface area contributed by atoms with Gasteiger partial charge < -0.3 is 11.1 Å². The quantitative estimate of drug-likeness (QED) is 0.721. The smallest absolute Gasteiger partial charge is 0.240 e. The van der Waals surface area contributed by atoms with Gasteiger partial charge in [-0.3, -0.25) is 0 Å². The maximum absolute atomic E-state index is 11.2. The van der Waals surface area contributed by atoms with Gasteiger partial charge in [0.25, 0.3) is 0 Å². The molecule has 1 aromatic carbocycles. The molecule has 0 radical (unpaired) electrons. The average Bonchev–Trinajstić information content (AvgIpc) is 2.24. The van der Waals surface area contributed by atoms with Crippen molar-refractivity contribution in [2.24, 2.45) is 16.5 Å². The number of sulfonamides is 1. The van der Waals surface area contributed by atoms with Crippen LogP contribution in [0.4, 0.5) is 11.4 Å². The topological polar surface area (TPSA) is 98.2 Å². The lowest BCUT2D eigenvalue weighted by Gasteiger charge is -2.30. The first-order chi connectivity index (χ1) is 8.54. The highest BCUT2D eigenvalue weighted by molar-refractivity contribution is 7.89. The zero-order chi connectivity index (χ0) is 14.8. The second-order valence-electron chi connectivity index (χ2n) is 5.79. The van der Waals surface area contributed by atoms with Gasteiger partial charge in [-0.1, -0.05) is 27.7 Å². The van der Waals surface area contributed by atoms with E-state index in [0.717, 1.165) is 12.2 Å². The van der Waals surface area contributed by atoms with Crippen molar-refractivity contribution < 1.29 is 8.42 Å². The number of nitrogens with one attached hydrogen (secondary N) is 1. The molecule has 0 spiro atoms. The Morgan fingerprint density at radius 2 is 1.89 bits per heavy atom. The molecule has 5 N–H and O–H groups in total. The number of primary sulfonamides is 1. The third-order valence-corrected chi connectivity index (χ3v) is 4.61. The number of hydrogen-bond donors (Lipinski definition) is 3. The number of anilines is 2. The van der Waals surface area contributed by atoms with Crippen molar-refractivity contribution in [3.63, 3.8) is 0 Å². The molecule has 5 nitrogen and oxygen atoms in total. The predicted octanol–water partition coefficient (Wildman–Crippen LogP) is 2.01. The molecule has 1 rings (SSSR count). The van der Waals surface area contributed by atoms with Crippen molar-refractivity contribution in [1.82, 2.24) is 0 Å². The van der Waals surface area contributed by atoms with E-state index in [9.17, 15) is 8.42 Å². The molecule has 0 atom stereocenters. The molecule has 0 bridgehead atoms. The van der Waals surface area contributed by atoms with Gasteiger partial charge in [0.2, 0.25) is 10.0 Å². The van der Waals surface area contributed by atoms with Crippen LogP contribution in [0.5, 0.6) is 0 Å². The van der Waals surface area contributed by atoms with E-state index in [1.807, 2.05) is 0 Å². The maximum Gasteiger partial charge on any atom is 0.240 e. The highest BCUT2D eigenvalue weighted by Crippen LogP contribution is 2.27. The van der Waals surface area contributed by atoms with Crippen LogP contribution in [-0.2, 0) is 10.0 Å². The number of rotatable bonds is 5. The molecule has 0 aliphatic heterocycles. The fourth-order valence-electron chi connectivity index (χ4n) is 1.45. The molecule has 0 aliphatic rings. The zero-order valence-corrected chi connectivity index (χ0v) is 12.7. The lowest BCUT2D eigenvalue weighted by atomic mass is 9.81. The van der Waals surface area contributed by atoms with E-state index < -0.39 is 10.0 Å². The molecule has 108 valence electrons. The minimum Gasteiger partial charge on any atom is -0.398 e. The van der Waals surface area contributed by atoms with E-state index in [1.165, 1.54) is 6.07 Å². The molecule has 0 unspecified atom stereocenters. The summed E-state index contributed by atoms with van der Waals surface area (Å²) < 4.78 is 22.5. The highest BCUT2D eigenvalue weighted by atomic mass is 32.2. The van der Waals surface area contributed by atoms with E-state index in [-0.39, 0.29) is 16.0 Å². The molecule has 0 heterocycles. The number of nitrogen functional groups attached to an aromatic ring is 1. The fourth-order valence-corrected chi connectivity index (χ4v) is 2.10. The second-order valence-corrected chi connectivity index (χ2v) is 7.32. The van der Waals surface area contributed by atoms with Crippen LogP contribution in [0.3, 0.4) is 0 Å². The maximum atomic E-state index is 11.2. The van der Waals surface area contributed by atoms with Gasteiger partial charge in [-0.15, -0.1) is 0 Å². The largest absolute Gasteiger partial charge is 0.398 e. The van der Waals surface area contributed by atoms with Gasteiger partial charge in [0.1, 0.15) is 4.90 Å². The Hall–Kier alpha value is -1.27. The van der Waals surface area contributed by atoms with Crippen molar-refractivity contribution in [3.8, 4) is 0 Å². The molecule has 19 heavy (non-hydrogen) atoms. The molecule has 0 aromatic heterocycles. The summed E-state index contributed by atoms with van der Waals surface area (Å²) in [5, 5.41) is 8.33. The van der Waals surface area contributed by atoms with Crippen LogP contribution in [0.25, 0.3) is 0 Å². The summed E-state index contributed by atoms with van der Waals surface area (Å²) in [7, 11) is -3.76. The Morgan fingerprint density at radius 1 is 1.32 bits per heavy atom. The molecule has 6 heteroatoms. The van der Waals surface area contributed by atoms with E-state index in [4.69, 9.17) is 10.9 Å². The fraction of sp³-hybridized carbons (Fsp3) is 0.538. The van der Waals surface area contributed by atoms with Gasteiger partial charge in [-0.05, 0) is 29.5 Å². The van der Waals surface area contributed by atoms with E-state index in [1.54, 1.807) is 12.1 Å². The van der Waals surface area contributed by atoms with E-state index in [0.29, 0.717) is 5.92 Å². The minimum absolute atomic E-state index is 0.0406. The first-order valence-corrected chi connectivity index (χ1v) is 7.75. The SMILES string of the molecule is CC(C)C(C)(C)CNc1ccc(S(N)(=O)=O)c(N)c1. The monoisotopic (exact) mass is 285 g/mol. The van der Waals surface area contributed by atoms with Crippen LogP contribution >= 0.6 is 0 Å². The van der Waals surface area contributed by atoms with Crippen molar-refractivity contribution in [2.75, 3.05) is 17.6 Å². The molecule has 0 fully saturated rings. The minimum atomic E-state index is -3.76. The first-order valence-electron chi connectivity index (χ1n) is 6.20. The van der Waals surface area contributed by atoms with Crippen LogP contribution in [0.15, 0.2) is 23.1 Å². The van der Waals surface area contributed by atoms with Crippen LogP contribution in [0, 0.1) is 11.3 Å². The summed E-state index contributed by atoms with van der Waals surface area (Å²) in [4.78, 5) is -0.0406. The van der Waals surface area contributed by atoms with Crippen molar-refractivity contribution in [1.29, 1.82) is 0 Å². The van der Waals surface area contributed by atoms with Gasteiger partial charge in [-0.2, -0.15) is 0 Å². The molecular formula is C13H23N3O2S. The average molecular weight is 285 g/mol. The number of hydrogen-bond acceptors (Lipinski definition) is 4. The Labute approximate surface area is 115 Å². The summed E-state index contributed by atoms with van der Waals surface area (Å²) in [6.45, 7) is 9.46. The summed E-state index contributed by atoms with van der Waals surface area (Å²) >= 11 is 0. The number of benzene rings is 1. The van der Waals surface area contributed by atoms with Crippen LogP contribution in [0.1, 0.15) is 27.7 Å². The lowest BCUT2D eigenvalue weighted by molar-refractivity contribution is 0.269. The van der Waals surface area contributed by atoms with E-state index >= 15 is 0 Å². The van der Waals surface area contributed by atoms with Crippen LogP contribution < -0.4 is 16.2 Å². The van der Waals surface area contributed by atoms with Gasteiger partial charge in [0.05, 0.1) is 5.69 Å². The van der Waals surface area contributed by atoms with Gasteiger partial charge in [0, 0.05) is 12.2 Å². The lowest BCUT2D eigenvalue weighted by Crippen LogP contribution is -2.28. The second kappa shape index (κ2) is 5.38. The van der Waals surface area contributed by atoms with Crippen molar-refractivity contribution >= 4 is 21.4 Å². The van der Waals surface area contributed by atoms with Gasteiger partial charge >= 0.3 is 0 Å². The third-order valence-electron chi connectivity index (χ3n) is 3.63.